The van der Waals surface area contributed by atoms with Gasteiger partial charge in [0, 0.05) is 57.4 Å². The van der Waals surface area contributed by atoms with Crippen molar-refractivity contribution < 1.29 is 4.79 Å². The molecule has 0 saturated carbocycles. The number of carbonyl (C=O) groups excluding carboxylic acids is 1. The molecule has 7 heteroatoms. The van der Waals surface area contributed by atoms with Crippen molar-refractivity contribution in [3.63, 3.8) is 0 Å². The highest BCUT2D eigenvalue weighted by Crippen LogP contribution is 2.12. The van der Waals surface area contributed by atoms with Crippen molar-refractivity contribution in [1.82, 2.24) is 25.0 Å². The zero-order valence-electron chi connectivity index (χ0n) is 14.0. The Morgan fingerprint density at radius 1 is 1.21 bits per heavy atom. The average Bonchev–Trinajstić information content (AvgIpc) is 3.09. The molecule has 1 N–H and O–H groups in total. The molecule has 1 saturated heterocycles. The quantitative estimate of drug-likeness (QED) is 0.841. The zero-order chi connectivity index (χ0) is 16.8. The van der Waals surface area contributed by atoms with Crippen LogP contribution in [0.25, 0.3) is 0 Å². The summed E-state index contributed by atoms with van der Waals surface area (Å²) in [4.78, 5) is 21.1. The minimum absolute atomic E-state index is 0.00155. The maximum absolute atomic E-state index is 12.0. The Kier molecular flexibility index (Phi) is 5.43. The Labute approximate surface area is 142 Å². The van der Waals surface area contributed by atoms with Crippen molar-refractivity contribution in [2.45, 2.75) is 19.5 Å². The third-order valence-electron chi connectivity index (χ3n) is 4.15. The highest BCUT2D eigenvalue weighted by atomic mass is 16.2. The van der Waals surface area contributed by atoms with Crippen LogP contribution in [0, 0.1) is 0 Å². The second kappa shape index (κ2) is 7.92. The summed E-state index contributed by atoms with van der Waals surface area (Å²) >= 11 is 0. The van der Waals surface area contributed by atoms with Crippen LogP contribution in [0.15, 0.2) is 42.9 Å². The lowest BCUT2D eigenvalue weighted by Crippen LogP contribution is -2.51. The molecule has 3 heterocycles. The summed E-state index contributed by atoms with van der Waals surface area (Å²) in [5.41, 5.74) is 0. The molecular formula is C17H24N6O. The standard InChI is InChI=1S/C17H24N6O/c1-15(20-17(24)14-23-8-4-7-19-23)13-21-9-11-22(12-10-21)16-5-2-3-6-18-16/h2-8,15H,9-14H2,1H3,(H,20,24)/t15-/m0/s1. The van der Waals surface area contributed by atoms with E-state index in [-0.39, 0.29) is 18.5 Å². The molecule has 2 aromatic rings. The van der Waals surface area contributed by atoms with Gasteiger partial charge in [-0.05, 0) is 25.1 Å². The normalized spacial score (nSPS) is 16.8. The molecule has 0 radical (unpaired) electrons. The maximum Gasteiger partial charge on any atom is 0.241 e. The Morgan fingerprint density at radius 2 is 2.04 bits per heavy atom. The number of anilines is 1. The Balaban J connectivity index is 1.40. The van der Waals surface area contributed by atoms with Gasteiger partial charge < -0.3 is 10.2 Å². The van der Waals surface area contributed by atoms with Crippen molar-refractivity contribution in [2.75, 3.05) is 37.6 Å². The van der Waals surface area contributed by atoms with E-state index in [1.807, 2.05) is 37.4 Å². The first kappa shape index (κ1) is 16.4. The summed E-state index contributed by atoms with van der Waals surface area (Å²) in [6, 6.07) is 7.94. The molecule has 7 nitrogen and oxygen atoms in total. The Morgan fingerprint density at radius 3 is 2.71 bits per heavy atom. The number of hydrogen-bond donors (Lipinski definition) is 1. The van der Waals surface area contributed by atoms with Gasteiger partial charge in [0.05, 0.1) is 0 Å². The fourth-order valence-electron chi connectivity index (χ4n) is 2.99. The highest BCUT2D eigenvalue weighted by Gasteiger charge is 2.20. The fourth-order valence-corrected chi connectivity index (χ4v) is 2.99. The van der Waals surface area contributed by atoms with E-state index in [1.165, 1.54) is 0 Å². The van der Waals surface area contributed by atoms with Crippen molar-refractivity contribution in [3.8, 4) is 0 Å². The van der Waals surface area contributed by atoms with Gasteiger partial charge in [0.15, 0.2) is 0 Å². The lowest BCUT2D eigenvalue weighted by Gasteiger charge is -2.36. The molecule has 1 fully saturated rings. The van der Waals surface area contributed by atoms with Crippen LogP contribution in [-0.4, -0.2) is 64.3 Å². The van der Waals surface area contributed by atoms with Gasteiger partial charge in [0.2, 0.25) is 5.91 Å². The van der Waals surface area contributed by atoms with Crippen molar-refractivity contribution in [1.29, 1.82) is 0 Å². The molecule has 0 unspecified atom stereocenters. The molecule has 1 atom stereocenters. The van der Waals surface area contributed by atoms with Gasteiger partial charge in [-0.3, -0.25) is 14.4 Å². The van der Waals surface area contributed by atoms with Gasteiger partial charge in [-0.25, -0.2) is 4.98 Å². The number of rotatable bonds is 6. The molecule has 1 aliphatic heterocycles. The van der Waals surface area contributed by atoms with Gasteiger partial charge in [-0.1, -0.05) is 6.07 Å². The molecule has 0 spiro atoms. The van der Waals surface area contributed by atoms with Gasteiger partial charge in [0.1, 0.15) is 12.4 Å². The summed E-state index contributed by atoms with van der Waals surface area (Å²) in [5, 5.41) is 7.09. The van der Waals surface area contributed by atoms with Crippen LogP contribution in [-0.2, 0) is 11.3 Å². The van der Waals surface area contributed by atoms with Crippen LogP contribution < -0.4 is 10.2 Å². The molecule has 1 amide bonds. The minimum atomic E-state index is -0.00155. The number of hydrogen-bond acceptors (Lipinski definition) is 5. The molecule has 0 bridgehead atoms. The van der Waals surface area contributed by atoms with Crippen LogP contribution in [0.4, 0.5) is 5.82 Å². The molecule has 2 aromatic heterocycles. The SMILES string of the molecule is C[C@@H](CN1CCN(c2ccccn2)CC1)NC(=O)Cn1cccn1. The van der Waals surface area contributed by atoms with Crippen LogP contribution >= 0.6 is 0 Å². The fraction of sp³-hybridized carbons (Fsp3) is 0.471. The first-order chi connectivity index (χ1) is 11.7. The van der Waals surface area contributed by atoms with Gasteiger partial charge in [0.25, 0.3) is 0 Å². The Bertz CT molecular complexity index is 622. The van der Waals surface area contributed by atoms with Gasteiger partial charge in [-0.2, -0.15) is 5.10 Å². The minimum Gasteiger partial charge on any atom is -0.354 e. The number of aromatic nitrogens is 3. The van der Waals surface area contributed by atoms with E-state index in [4.69, 9.17) is 0 Å². The number of piperazine rings is 1. The lowest BCUT2D eigenvalue weighted by atomic mass is 10.2. The Hall–Kier alpha value is -2.41. The topological polar surface area (TPSA) is 66.3 Å². The van der Waals surface area contributed by atoms with Gasteiger partial charge >= 0.3 is 0 Å². The van der Waals surface area contributed by atoms with E-state index >= 15 is 0 Å². The maximum atomic E-state index is 12.0. The predicted molar refractivity (Wildman–Crippen MR) is 92.7 cm³/mol. The average molecular weight is 328 g/mol. The molecule has 0 aliphatic carbocycles. The number of nitrogens with zero attached hydrogens (tertiary/aromatic N) is 5. The van der Waals surface area contributed by atoms with Crippen molar-refractivity contribution >= 4 is 11.7 Å². The summed E-state index contributed by atoms with van der Waals surface area (Å²) in [7, 11) is 0. The largest absolute Gasteiger partial charge is 0.354 e. The van der Waals surface area contributed by atoms with E-state index in [2.05, 4.69) is 25.2 Å². The molecule has 24 heavy (non-hydrogen) atoms. The summed E-state index contributed by atoms with van der Waals surface area (Å²) in [6.07, 6.45) is 5.30. The number of nitrogens with one attached hydrogen (secondary N) is 1. The van der Waals surface area contributed by atoms with E-state index in [0.717, 1.165) is 38.5 Å². The van der Waals surface area contributed by atoms with E-state index in [9.17, 15) is 4.79 Å². The molecular weight excluding hydrogens is 304 g/mol. The van der Waals surface area contributed by atoms with E-state index in [0.29, 0.717) is 0 Å². The van der Waals surface area contributed by atoms with E-state index < -0.39 is 0 Å². The molecule has 3 rings (SSSR count). The first-order valence-electron chi connectivity index (χ1n) is 8.36. The third kappa shape index (κ3) is 4.55. The smallest absolute Gasteiger partial charge is 0.241 e. The third-order valence-corrected chi connectivity index (χ3v) is 4.15. The number of pyridine rings is 1. The zero-order valence-corrected chi connectivity index (χ0v) is 14.0. The first-order valence-corrected chi connectivity index (χ1v) is 8.36. The highest BCUT2D eigenvalue weighted by molar-refractivity contribution is 5.75. The second-order valence-corrected chi connectivity index (χ2v) is 6.15. The second-order valence-electron chi connectivity index (χ2n) is 6.15. The summed E-state index contributed by atoms with van der Waals surface area (Å²) < 4.78 is 1.63. The summed E-state index contributed by atoms with van der Waals surface area (Å²) in [6.45, 7) is 7.07. The van der Waals surface area contributed by atoms with Crippen LogP contribution in [0.5, 0.6) is 0 Å². The molecule has 128 valence electrons. The van der Waals surface area contributed by atoms with Crippen molar-refractivity contribution in [2.24, 2.45) is 0 Å². The summed E-state index contributed by atoms with van der Waals surface area (Å²) in [5.74, 6) is 1.04. The van der Waals surface area contributed by atoms with E-state index in [1.54, 1.807) is 17.1 Å². The number of amides is 1. The molecule has 1 aliphatic rings. The predicted octanol–water partition coefficient (Wildman–Crippen LogP) is 0.605. The van der Waals surface area contributed by atoms with Gasteiger partial charge in [-0.15, -0.1) is 0 Å². The van der Waals surface area contributed by atoms with Crippen LogP contribution in [0.2, 0.25) is 0 Å². The van der Waals surface area contributed by atoms with Crippen molar-refractivity contribution in [3.05, 3.63) is 42.9 Å². The van der Waals surface area contributed by atoms with Crippen LogP contribution in [0.1, 0.15) is 6.92 Å². The van der Waals surface area contributed by atoms with Crippen LogP contribution in [0.3, 0.4) is 0 Å². The molecule has 0 aromatic carbocycles. The monoisotopic (exact) mass is 328 g/mol. The lowest BCUT2D eigenvalue weighted by molar-refractivity contribution is -0.122. The number of carbonyl (C=O) groups is 1.